The van der Waals surface area contributed by atoms with E-state index >= 15 is 0 Å². The van der Waals surface area contributed by atoms with Gasteiger partial charge in [0.2, 0.25) is 10.0 Å². The van der Waals surface area contributed by atoms with Crippen molar-refractivity contribution in [3.05, 3.63) is 29.3 Å². The van der Waals surface area contributed by atoms with Gasteiger partial charge in [-0.15, -0.1) is 0 Å². The van der Waals surface area contributed by atoms with E-state index in [1.807, 2.05) is 0 Å². The highest BCUT2D eigenvalue weighted by Crippen LogP contribution is 2.20. The van der Waals surface area contributed by atoms with Crippen LogP contribution in [0.4, 0.5) is 8.78 Å². The van der Waals surface area contributed by atoms with E-state index < -0.39 is 38.0 Å². The summed E-state index contributed by atoms with van der Waals surface area (Å²) in [6.07, 6.45) is 0. The third-order valence-electron chi connectivity index (χ3n) is 1.98. The fraction of sp³-hybridized carbons (Fsp3) is 0.222. The van der Waals surface area contributed by atoms with Crippen LogP contribution in [0.2, 0.25) is 0 Å². The van der Waals surface area contributed by atoms with Crippen LogP contribution in [0, 0.1) is 11.6 Å². The molecule has 1 aromatic rings. The molecule has 0 fully saturated rings. The van der Waals surface area contributed by atoms with Crippen LogP contribution >= 0.6 is 0 Å². The van der Waals surface area contributed by atoms with Crippen LogP contribution in [0.15, 0.2) is 17.0 Å². The summed E-state index contributed by atoms with van der Waals surface area (Å²) in [6.45, 7) is 0. The topological polar surface area (TPSA) is 80.5 Å². The van der Waals surface area contributed by atoms with Crippen LogP contribution in [0.3, 0.4) is 0 Å². The van der Waals surface area contributed by atoms with Gasteiger partial charge < -0.3 is 4.90 Å². The number of hydrogen-bond acceptors (Lipinski definition) is 3. The summed E-state index contributed by atoms with van der Waals surface area (Å²) in [6, 6.07) is 1.35. The minimum absolute atomic E-state index is 0.673. The lowest BCUT2D eigenvalue weighted by molar-refractivity contribution is 0.0817. The van der Waals surface area contributed by atoms with Crippen LogP contribution in [-0.2, 0) is 10.0 Å². The van der Waals surface area contributed by atoms with Crippen molar-refractivity contribution < 1.29 is 22.0 Å². The van der Waals surface area contributed by atoms with Gasteiger partial charge in [0.05, 0.1) is 0 Å². The predicted molar refractivity (Wildman–Crippen MR) is 55.7 cm³/mol. The first kappa shape index (κ1) is 13.5. The Hall–Kier alpha value is -1.54. The van der Waals surface area contributed by atoms with Gasteiger partial charge in [-0.2, -0.15) is 0 Å². The summed E-state index contributed by atoms with van der Waals surface area (Å²) in [5, 5.41) is 4.74. The maximum atomic E-state index is 13.7. The van der Waals surface area contributed by atoms with Crippen molar-refractivity contribution in [2.45, 2.75) is 4.90 Å². The van der Waals surface area contributed by atoms with Gasteiger partial charge in [0.1, 0.15) is 16.3 Å². The molecule has 0 heterocycles. The van der Waals surface area contributed by atoms with Gasteiger partial charge in [-0.1, -0.05) is 0 Å². The summed E-state index contributed by atoms with van der Waals surface area (Å²) < 4.78 is 49.0. The molecule has 8 heteroatoms. The maximum Gasteiger partial charge on any atom is 0.259 e. The number of rotatable bonds is 2. The summed E-state index contributed by atoms with van der Waals surface area (Å²) in [5.74, 6) is -3.61. The van der Waals surface area contributed by atoms with Crippen molar-refractivity contribution in [3.63, 3.8) is 0 Å². The number of hydrogen-bond donors (Lipinski definition) is 1. The van der Waals surface area contributed by atoms with E-state index in [1.165, 1.54) is 14.1 Å². The van der Waals surface area contributed by atoms with Gasteiger partial charge in [0.15, 0.2) is 5.82 Å². The molecule has 1 aromatic carbocycles. The maximum absolute atomic E-state index is 13.7. The van der Waals surface area contributed by atoms with E-state index in [1.54, 1.807) is 0 Å². The summed E-state index contributed by atoms with van der Waals surface area (Å²) >= 11 is 0. The molecule has 1 amide bonds. The SMILES string of the molecule is CN(C)C(=O)c1c(F)ccc(S(N)(=O)=O)c1F. The predicted octanol–water partition coefficient (Wildman–Crippen LogP) is 0.314. The third-order valence-corrected chi connectivity index (χ3v) is 2.91. The lowest BCUT2D eigenvalue weighted by atomic mass is 10.2. The first-order valence-corrected chi connectivity index (χ1v) is 5.93. The monoisotopic (exact) mass is 264 g/mol. The third kappa shape index (κ3) is 2.59. The Kier molecular flexibility index (Phi) is 3.48. The average molecular weight is 264 g/mol. The number of carbonyl (C=O) groups excluding carboxylic acids is 1. The van der Waals surface area contributed by atoms with E-state index in [4.69, 9.17) is 5.14 Å². The molecule has 0 saturated heterocycles. The van der Waals surface area contributed by atoms with Crippen molar-refractivity contribution >= 4 is 15.9 Å². The molecule has 0 radical (unpaired) electrons. The molecule has 0 aliphatic heterocycles. The van der Waals surface area contributed by atoms with Crippen LogP contribution in [0.1, 0.15) is 10.4 Å². The number of carbonyl (C=O) groups is 1. The smallest absolute Gasteiger partial charge is 0.259 e. The highest BCUT2D eigenvalue weighted by molar-refractivity contribution is 7.89. The lowest BCUT2D eigenvalue weighted by Gasteiger charge is -2.12. The van der Waals surface area contributed by atoms with Crippen LogP contribution in [-0.4, -0.2) is 33.3 Å². The zero-order chi connectivity index (χ0) is 13.4. The van der Waals surface area contributed by atoms with Crippen molar-refractivity contribution in [2.75, 3.05) is 14.1 Å². The van der Waals surface area contributed by atoms with Crippen LogP contribution < -0.4 is 5.14 Å². The molecule has 17 heavy (non-hydrogen) atoms. The number of amides is 1. The summed E-state index contributed by atoms with van der Waals surface area (Å²) in [5.41, 5.74) is -0.943. The van der Waals surface area contributed by atoms with E-state index in [0.29, 0.717) is 12.1 Å². The Morgan fingerprint density at radius 3 is 2.24 bits per heavy atom. The summed E-state index contributed by atoms with van der Waals surface area (Å²) in [4.78, 5) is 11.5. The number of nitrogens with two attached hydrogens (primary N) is 1. The van der Waals surface area contributed by atoms with E-state index in [0.717, 1.165) is 4.90 Å². The number of nitrogens with zero attached hydrogens (tertiary/aromatic N) is 1. The Morgan fingerprint density at radius 1 is 1.29 bits per heavy atom. The van der Waals surface area contributed by atoms with E-state index in [-0.39, 0.29) is 0 Å². The first-order valence-electron chi connectivity index (χ1n) is 4.38. The minimum Gasteiger partial charge on any atom is -0.345 e. The molecular formula is C9H10F2N2O3S. The second-order valence-electron chi connectivity index (χ2n) is 3.48. The van der Waals surface area contributed by atoms with Gasteiger partial charge in [-0.3, -0.25) is 4.79 Å². The number of primary sulfonamides is 1. The Morgan fingerprint density at radius 2 is 1.82 bits per heavy atom. The molecule has 94 valence electrons. The molecular weight excluding hydrogens is 254 g/mol. The molecule has 0 atom stereocenters. The largest absolute Gasteiger partial charge is 0.345 e. The standard InChI is InChI=1S/C9H10F2N2O3S/c1-13(2)9(14)7-5(10)3-4-6(8(7)11)17(12,15)16/h3-4H,1-2H3,(H2,12,15,16). The fourth-order valence-electron chi connectivity index (χ4n) is 1.17. The van der Waals surface area contributed by atoms with Gasteiger partial charge >= 0.3 is 0 Å². The first-order chi connectivity index (χ1) is 7.66. The highest BCUT2D eigenvalue weighted by Gasteiger charge is 2.25. The summed E-state index contributed by atoms with van der Waals surface area (Å²) in [7, 11) is -1.78. The Bertz CT molecular complexity index is 570. The van der Waals surface area contributed by atoms with Crippen molar-refractivity contribution in [1.82, 2.24) is 4.90 Å². The van der Waals surface area contributed by atoms with Crippen LogP contribution in [0.25, 0.3) is 0 Å². The van der Waals surface area contributed by atoms with Crippen molar-refractivity contribution in [2.24, 2.45) is 5.14 Å². The van der Waals surface area contributed by atoms with E-state index in [2.05, 4.69) is 0 Å². The van der Waals surface area contributed by atoms with Crippen molar-refractivity contribution in [3.8, 4) is 0 Å². The normalized spacial score (nSPS) is 11.4. The average Bonchev–Trinajstić information content (AvgIpc) is 2.14. The molecule has 1 rings (SSSR count). The quantitative estimate of drug-likeness (QED) is 0.835. The molecule has 0 spiro atoms. The number of halogens is 2. The second kappa shape index (κ2) is 4.38. The fourth-order valence-corrected chi connectivity index (χ4v) is 1.78. The van der Waals surface area contributed by atoms with Gasteiger partial charge in [-0.05, 0) is 12.1 Å². The van der Waals surface area contributed by atoms with Gasteiger partial charge in [0.25, 0.3) is 5.91 Å². The highest BCUT2D eigenvalue weighted by atomic mass is 32.2. The van der Waals surface area contributed by atoms with Gasteiger partial charge in [-0.25, -0.2) is 22.3 Å². The zero-order valence-electron chi connectivity index (χ0n) is 9.07. The molecule has 0 saturated carbocycles. The minimum atomic E-state index is -4.34. The second-order valence-corrected chi connectivity index (χ2v) is 5.01. The molecule has 0 aliphatic rings. The Balaban J connectivity index is 3.57. The zero-order valence-corrected chi connectivity index (χ0v) is 9.88. The number of benzene rings is 1. The molecule has 5 nitrogen and oxygen atoms in total. The van der Waals surface area contributed by atoms with E-state index in [9.17, 15) is 22.0 Å². The van der Waals surface area contributed by atoms with Gasteiger partial charge in [0, 0.05) is 14.1 Å². The molecule has 0 aliphatic carbocycles. The lowest BCUT2D eigenvalue weighted by Crippen LogP contribution is -2.26. The molecule has 0 unspecified atom stereocenters. The molecule has 2 N–H and O–H groups in total. The molecule has 0 aromatic heterocycles. The van der Waals surface area contributed by atoms with Crippen LogP contribution in [0.5, 0.6) is 0 Å². The van der Waals surface area contributed by atoms with Crippen molar-refractivity contribution in [1.29, 1.82) is 0 Å². The molecule has 0 bridgehead atoms. The number of sulfonamides is 1. The Labute approximate surface area is 96.9 Å².